The average Bonchev–Trinajstić information content (AvgIpc) is 4.02. The monoisotopic (exact) mass is 816 g/mol. The van der Waals surface area contributed by atoms with Gasteiger partial charge in [-0.3, -0.25) is 4.90 Å². The number of para-hydroxylation sites is 1. The first kappa shape index (κ1) is 36.3. The van der Waals surface area contributed by atoms with Crippen LogP contribution >= 0.6 is 0 Å². The van der Waals surface area contributed by atoms with Gasteiger partial charge in [-0.2, -0.15) is 0 Å². The first-order chi connectivity index (χ1) is 31.7. The van der Waals surface area contributed by atoms with Gasteiger partial charge in [0, 0.05) is 38.4 Å². The zero-order chi connectivity index (χ0) is 42.1. The lowest BCUT2D eigenvalue weighted by molar-refractivity contribution is 0.560. The van der Waals surface area contributed by atoms with E-state index in [0.717, 1.165) is 72.7 Å². The number of allylic oxidation sites excluding steroid dienone is 1. The second-order valence-corrected chi connectivity index (χ2v) is 16.9. The Morgan fingerprint density at radius 2 is 0.828 bits per heavy atom. The number of nitrogens with zero attached hydrogens (tertiary/aromatic N) is 4. The standard InChI is InChI=1S/C60H40N4/c1-5-18-39(19-6-1)43-32-44(40-20-7-2-8-21-40)35-47(34-43)52-38-53(48-36-45(41-22-9-3-10-23-41)33-46(37-48)42-24-11-4-12-25-42)62-60(61-52)64-55-29-16-15-28-51(55)57-58-50-27-14-13-26-49(50)54-30-17-31-56(59(57)64)63(54)58/h1-38,56,59H. The number of fused-ring (bicyclic) bond motifs is 7. The zero-order valence-corrected chi connectivity index (χ0v) is 34.9. The fraction of sp³-hybridized carbons (Fsp3) is 0.0333. The average molecular weight is 817 g/mol. The Morgan fingerprint density at radius 1 is 0.391 bits per heavy atom. The summed E-state index contributed by atoms with van der Waals surface area (Å²) in [5, 5.41) is 5.11. The van der Waals surface area contributed by atoms with Crippen molar-refractivity contribution in [1.29, 1.82) is 0 Å². The van der Waals surface area contributed by atoms with Gasteiger partial charge in [-0.1, -0.05) is 176 Å². The van der Waals surface area contributed by atoms with Gasteiger partial charge in [-0.25, -0.2) is 9.97 Å². The first-order valence-electron chi connectivity index (χ1n) is 22.1. The molecular weight excluding hydrogens is 777 g/mol. The fourth-order valence-corrected chi connectivity index (χ4v) is 10.4. The lowest BCUT2D eigenvalue weighted by Crippen LogP contribution is -2.37. The van der Waals surface area contributed by atoms with Crippen molar-refractivity contribution in [3.8, 4) is 67.0 Å². The molecule has 64 heavy (non-hydrogen) atoms. The summed E-state index contributed by atoms with van der Waals surface area (Å²) in [6.45, 7) is 0. The summed E-state index contributed by atoms with van der Waals surface area (Å²) in [5.41, 5.74) is 16.6. The van der Waals surface area contributed by atoms with E-state index in [9.17, 15) is 0 Å². The Kier molecular flexibility index (Phi) is 8.31. The highest BCUT2D eigenvalue weighted by atomic mass is 15.3. The van der Waals surface area contributed by atoms with Gasteiger partial charge < -0.3 is 4.57 Å². The molecule has 13 rings (SSSR count). The molecule has 10 aromatic rings. The van der Waals surface area contributed by atoms with Crippen LogP contribution in [0, 0.1) is 0 Å². The third-order valence-corrected chi connectivity index (χ3v) is 13.2. The molecule has 3 aliphatic heterocycles. The van der Waals surface area contributed by atoms with Gasteiger partial charge in [-0.05, 0) is 99.1 Å². The second kappa shape index (κ2) is 14.6. The SMILES string of the molecule is C1=CC2C3C(=c4c5ccccc5c(n42)=C1)c1ccccc1N3c1nc(-c2cc(-c3ccccc3)cc(-c3ccccc3)c2)cc(-c2cc(-c3ccccc3)cc(-c3ccccc3)c2)n1. The molecule has 0 saturated heterocycles. The van der Waals surface area contributed by atoms with E-state index in [2.05, 4.69) is 240 Å². The molecular formula is C60H40N4. The summed E-state index contributed by atoms with van der Waals surface area (Å²) in [6.07, 6.45) is 6.87. The molecule has 0 aliphatic carbocycles. The van der Waals surface area contributed by atoms with E-state index >= 15 is 0 Å². The minimum Gasteiger partial charge on any atom is -0.331 e. The molecule has 4 nitrogen and oxygen atoms in total. The molecule has 2 atom stereocenters. The van der Waals surface area contributed by atoms with Crippen LogP contribution in [0.5, 0.6) is 0 Å². The van der Waals surface area contributed by atoms with Crippen LogP contribution in [0.3, 0.4) is 0 Å². The lowest BCUT2D eigenvalue weighted by atomic mass is 9.93. The topological polar surface area (TPSA) is 34.0 Å². The Labute approximate surface area is 371 Å². The lowest BCUT2D eigenvalue weighted by Gasteiger charge is -2.30. The van der Waals surface area contributed by atoms with Crippen molar-refractivity contribution in [3.63, 3.8) is 0 Å². The molecule has 300 valence electrons. The number of benzene rings is 8. The van der Waals surface area contributed by atoms with Gasteiger partial charge in [0.05, 0.1) is 34.5 Å². The van der Waals surface area contributed by atoms with Gasteiger partial charge in [0.2, 0.25) is 5.95 Å². The maximum atomic E-state index is 5.68. The number of rotatable bonds is 7. The molecule has 0 radical (unpaired) electrons. The summed E-state index contributed by atoms with van der Waals surface area (Å²) in [6, 6.07) is 76.4. The highest BCUT2D eigenvalue weighted by molar-refractivity contribution is 5.98. The van der Waals surface area contributed by atoms with Crippen molar-refractivity contribution >= 4 is 34.1 Å². The summed E-state index contributed by atoms with van der Waals surface area (Å²) >= 11 is 0. The molecule has 0 fully saturated rings. The van der Waals surface area contributed by atoms with E-state index in [-0.39, 0.29) is 12.1 Å². The minimum absolute atomic E-state index is 0.0464. The fourth-order valence-electron chi connectivity index (χ4n) is 10.4. The molecule has 0 amide bonds. The van der Waals surface area contributed by atoms with E-state index in [0.29, 0.717) is 5.95 Å². The van der Waals surface area contributed by atoms with Crippen LogP contribution in [0.1, 0.15) is 11.6 Å². The van der Waals surface area contributed by atoms with Crippen LogP contribution in [-0.4, -0.2) is 20.6 Å². The van der Waals surface area contributed by atoms with Crippen molar-refractivity contribution in [2.75, 3.05) is 4.90 Å². The summed E-state index contributed by atoms with van der Waals surface area (Å²) in [4.78, 5) is 13.8. The van der Waals surface area contributed by atoms with Crippen molar-refractivity contribution in [2.45, 2.75) is 12.1 Å². The van der Waals surface area contributed by atoms with Gasteiger partial charge in [-0.15, -0.1) is 0 Å². The predicted molar refractivity (Wildman–Crippen MR) is 263 cm³/mol. The molecule has 0 spiro atoms. The Morgan fingerprint density at radius 3 is 1.34 bits per heavy atom. The Balaban J connectivity index is 1.09. The first-order valence-corrected chi connectivity index (χ1v) is 22.1. The van der Waals surface area contributed by atoms with E-state index in [1.165, 1.54) is 32.6 Å². The smallest absolute Gasteiger partial charge is 0.231 e. The van der Waals surface area contributed by atoms with Crippen molar-refractivity contribution in [3.05, 3.63) is 241 Å². The quantitative estimate of drug-likeness (QED) is 0.161. The second-order valence-electron chi connectivity index (χ2n) is 16.9. The largest absolute Gasteiger partial charge is 0.331 e. The van der Waals surface area contributed by atoms with Gasteiger partial charge >= 0.3 is 0 Å². The summed E-state index contributed by atoms with van der Waals surface area (Å²) in [7, 11) is 0. The third kappa shape index (κ3) is 5.84. The van der Waals surface area contributed by atoms with Crippen LogP contribution < -0.4 is 15.6 Å². The molecule has 0 N–H and O–H groups in total. The molecule has 3 aliphatic rings. The van der Waals surface area contributed by atoms with Gasteiger partial charge in [0.25, 0.3) is 0 Å². The van der Waals surface area contributed by atoms with Crippen LogP contribution in [0.4, 0.5) is 11.6 Å². The van der Waals surface area contributed by atoms with Crippen LogP contribution in [0.2, 0.25) is 0 Å². The van der Waals surface area contributed by atoms with E-state index in [1.54, 1.807) is 0 Å². The van der Waals surface area contributed by atoms with E-state index < -0.39 is 0 Å². The summed E-state index contributed by atoms with van der Waals surface area (Å²) in [5.74, 6) is 0.678. The van der Waals surface area contributed by atoms with Gasteiger partial charge in [0.15, 0.2) is 0 Å². The van der Waals surface area contributed by atoms with Crippen molar-refractivity contribution in [1.82, 2.24) is 14.5 Å². The number of anilines is 2. The molecule has 5 heterocycles. The molecule has 2 unspecified atom stereocenters. The predicted octanol–water partition coefficient (Wildman–Crippen LogP) is 13.1. The highest BCUT2D eigenvalue weighted by Crippen LogP contribution is 2.50. The van der Waals surface area contributed by atoms with E-state index in [4.69, 9.17) is 9.97 Å². The van der Waals surface area contributed by atoms with Crippen LogP contribution in [0.15, 0.2) is 224 Å². The molecule has 0 bridgehead atoms. The number of hydrogen-bond donors (Lipinski definition) is 0. The zero-order valence-electron chi connectivity index (χ0n) is 34.9. The minimum atomic E-state index is -0.0464. The Bertz CT molecular complexity index is 3350. The number of aromatic nitrogens is 3. The van der Waals surface area contributed by atoms with E-state index in [1.807, 2.05) is 0 Å². The normalized spacial score (nSPS) is 15.5. The van der Waals surface area contributed by atoms with Crippen LogP contribution in [-0.2, 0) is 0 Å². The third-order valence-electron chi connectivity index (χ3n) is 13.2. The molecule has 0 saturated carbocycles. The molecule has 4 heteroatoms. The number of hydrogen-bond acceptors (Lipinski definition) is 3. The maximum Gasteiger partial charge on any atom is 0.231 e. The molecule has 8 aromatic carbocycles. The van der Waals surface area contributed by atoms with Crippen molar-refractivity contribution in [2.24, 2.45) is 0 Å². The highest BCUT2D eigenvalue weighted by Gasteiger charge is 2.47. The molecule has 2 aromatic heterocycles. The Hall–Kier alpha value is -8.34. The maximum absolute atomic E-state index is 5.68. The van der Waals surface area contributed by atoms with Gasteiger partial charge in [0.1, 0.15) is 0 Å². The van der Waals surface area contributed by atoms with Crippen molar-refractivity contribution < 1.29 is 0 Å². The van der Waals surface area contributed by atoms with Crippen LogP contribution in [0.25, 0.3) is 89.4 Å². The summed E-state index contributed by atoms with van der Waals surface area (Å²) < 4.78 is 2.56.